The lowest BCUT2D eigenvalue weighted by molar-refractivity contribution is 0.00151. The molecule has 1 aromatic carbocycles. The molecule has 0 aliphatic carbocycles. The van der Waals surface area contributed by atoms with Crippen LogP contribution in [-0.4, -0.2) is 39.2 Å². The minimum absolute atomic E-state index is 0.160. The van der Waals surface area contributed by atoms with Gasteiger partial charge in [0.2, 0.25) is 0 Å². The Morgan fingerprint density at radius 1 is 1.38 bits per heavy atom. The third kappa shape index (κ3) is 2.70. The summed E-state index contributed by atoms with van der Waals surface area (Å²) in [4.78, 5) is 17.8. The third-order valence-corrected chi connectivity index (χ3v) is 3.44. The summed E-state index contributed by atoms with van der Waals surface area (Å²) in [5, 5.41) is 0. The van der Waals surface area contributed by atoms with Crippen molar-refractivity contribution in [1.82, 2.24) is 14.5 Å². The summed E-state index contributed by atoms with van der Waals surface area (Å²) in [7, 11) is 0. The Hall–Kier alpha value is -2.11. The molecule has 0 saturated carbocycles. The van der Waals surface area contributed by atoms with Gasteiger partial charge in [0.25, 0.3) is 0 Å². The van der Waals surface area contributed by atoms with Gasteiger partial charge in [-0.3, -0.25) is 0 Å². The van der Waals surface area contributed by atoms with E-state index in [0.717, 1.165) is 5.52 Å². The van der Waals surface area contributed by atoms with Gasteiger partial charge in [0, 0.05) is 19.2 Å². The fourth-order valence-corrected chi connectivity index (χ4v) is 2.40. The predicted molar refractivity (Wildman–Crippen MR) is 76.5 cm³/mol. The smallest absolute Gasteiger partial charge is 0.410 e. The molecule has 5 nitrogen and oxygen atoms in total. The number of carbonyl (C=O) groups is 1. The van der Waals surface area contributed by atoms with Crippen LogP contribution in [0.4, 0.5) is 9.18 Å². The maximum absolute atomic E-state index is 13.1. The molecule has 21 heavy (non-hydrogen) atoms. The number of halogens is 1. The van der Waals surface area contributed by atoms with Crippen LogP contribution in [0, 0.1) is 5.82 Å². The van der Waals surface area contributed by atoms with Crippen LogP contribution < -0.4 is 0 Å². The van der Waals surface area contributed by atoms with Crippen molar-refractivity contribution in [3.63, 3.8) is 0 Å². The number of ether oxygens (including phenoxy) is 1. The first-order valence-electron chi connectivity index (χ1n) is 6.93. The van der Waals surface area contributed by atoms with Crippen LogP contribution in [0.2, 0.25) is 0 Å². The lowest BCUT2D eigenvalue weighted by Gasteiger charge is -2.40. The number of imidazole rings is 1. The third-order valence-electron chi connectivity index (χ3n) is 3.44. The minimum Gasteiger partial charge on any atom is -0.444 e. The average molecular weight is 291 g/mol. The van der Waals surface area contributed by atoms with E-state index in [0.29, 0.717) is 18.6 Å². The van der Waals surface area contributed by atoms with Gasteiger partial charge in [-0.15, -0.1) is 0 Å². The number of benzene rings is 1. The summed E-state index contributed by atoms with van der Waals surface area (Å²) < 4.78 is 20.5. The van der Waals surface area contributed by atoms with Crippen LogP contribution in [0.1, 0.15) is 26.8 Å². The van der Waals surface area contributed by atoms with Crippen molar-refractivity contribution >= 4 is 17.1 Å². The number of carbonyl (C=O) groups excluding carboxylic acids is 1. The zero-order valence-electron chi connectivity index (χ0n) is 12.3. The van der Waals surface area contributed by atoms with Gasteiger partial charge in [0.1, 0.15) is 11.4 Å². The minimum atomic E-state index is -0.485. The number of rotatable bonds is 1. The molecule has 112 valence electrons. The fourth-order valence-electron chi connectivity index (χ4n) is 2.40. The summed E-state index contributed by atoms with van der Waals surface area (Å²) in [6, 6.07) is 4.71. The molecule has 0 bridgehead atoms. The van der Waals surface area contributed by atoms with E-state index in [1.165, 1.54) is 12.1 Å². The standard InChI is InChI=1S/C15H18FN3O2/c1-15(2,3)21-14(20)18-7-11(8-18)19-9-17-12-6-10(16)4-5-13(12)19/h4-6,9,11H,7-8H2,1-3H3. The summed E-state index contributed by atoms with van der Waals surface area (Å²) >= 11 is 0. The van der Waals surface area contributed by atoms with Crippen molar-refractivity contribution in [1.29, 1.82) is 0 Å². The van der Waals surface area contributed by atoms with Gasteiger partial charge in [-0.1, -0.05) is 0 Å². The normalized spacial score (nSPS) is 16.1. The van der Waals surface area contributed by atoms with Crippen LogP contribution in [-0.2, 0) is 4.74 Å². The topological polar surface area (TPSA) is 47.4 Å². The Morgan fingerprint density at radius 2 is 2.10 bits per heavy atom. The van der Waals surface area contributed by atoms with Gasteiger partial charge in [-0.2, -0.15) is 0 Å². The maximum atomic E-state index is 13.1. The quantitative estimate of drug-likeness (QED) is 0.811. The van der Waals surface area contributed by atoms with E-state index in [1.54, 1.807) is 17.3 Å². The number of nitrogens with zero attached hydrogens (tertiary/aromatic N) is 3. The summed E-state index contributed by atoms with van der Waals surface area (Å²) in [5.74, 6) is -0.295. The first kappa shape index (κ1) is 13.9. The molecule has 1 fully saturated rings. The highest BCUT2D eigenvalue weighted by atomic mass is 19.1. The van der Waals surface area contributed by atoms with Crippen LogP contribution in [0.3, 0.4) is 0 Å². The van der Waals surface area contributed by atoms with Gasteiger partial charge in [-0.05, 0) is 32.9 Å². The average Bonchev–Trinajstić information content (AvgIpc) is 2.67. The van der Waals surface area contributed by atoms with Gasteiger partial charge in [-0.25, -0.2) is 14.2 Å². The summed E-state index contributed by atoms with van der Waals surface area (Å²) in [6.45, 7) is 6.70. The van der Waals surface area contributed by atoms with Gasteiger partial charge < -0.3 is 14.2 Å². The number of hydrogen-bond acceptors (Lipinski definition) is 3. The van der Waals surface area contributed by atoms with E-state index in [1.807, 2.05) is 25.3 Å². The first-order valence-corrected chi connectivity index (χ1v) is 6.93. The van der Waals surface area contributed by atoms with Gasteiger partial charge in [0.05, 0.1) is 23.4 Å². The van der Waals surface area contributed by atoms with Crippen molar-refractivity contribution in [2.75, 3.05) is 13.1 Å². The molecule has 0 radical (unpaired) electrons. The number of fused-ring (bicyclic) bond motifs is 1. The second kappa shape index (κ2) is 4.72. The van der Waals surface area contributed by atoms with E-state index in [-0.39, 0.29) is 18.0 Å². The Labute approximate surface area is 122 Å². The van der Waals surface area contributed by atoms with Crippen LogP contribution in [0.15, 0.2) is 24.5 Å². The van der Waals surface area contributed by atoms with Crippen LogP contribution >= 0.6 is 0 Å². The van der Waals surface area contributed by atoms with Gasteiger partial charge in [0.15, 0.2) is 0 Å². The fraction of sp³-hybridized carbons (Fsp3) is 0.467. The van der Waals surface area contributed by atoms with Crippen LogP contribution in [0.25, 0.3) is 11.0 Å². The molecular weight excluding hydrogens is 273 g/mol. The number of hydrogen-bond donors (Lipinski definition) is 0. The second-order valence-corrected chi connectivity index (χ2v) is 6.32. The Balaban J connectivity index is 1.69. The molecule has 1 aliphatic heterocycles. The number of aromatic nitrogens is 2. The highest BCUT2D eigenvalue weighted by molar-refractivity contribution is 5.76. The number of amides is 1. The molecule has 2 heterocycles. The molecule has 1 saturated heterocycles. The van der Waals surface area contributed by atoms with Gasteiger partial charge >= 0.3 is 6.09 Å². The Bertz CT molecular complexity index is 684. The monoisotopic (exact) mass is 291 g/mol. The van der Waals surface area contributed by atoms with E-state index >= 15 is 0 Å². The molecule has 2 aromatic rings. The van der Waals surface area contributed by atoms with Crippen molar-refractivity contribution in [3.05, 3.63) is 30.3 Å². The molecule has 0 N–H and O–H groups in total. The zero-order chi connectivity index (χ0) is 15.2. The molecular formula is C15H18FN3O2. The van der Waals surface area contributed by atoms with Crippen LogP contribution in [0.5, 0.6) is 0 Å². The molecule has 0 spiro atoms. The second-order valence-electron chi connectivity index (χ2n) is 6.32. The van der Waals surface area contributed by atoms with Crippen molar-refractivity contribution < 1.29 is 13.9 Å². The highest BCUT2D eigenvalue weighted by Crippen LogP contribution is 2.27. The van der Waals surface area contributed by atoms with Crippen molar-refractivity contribution in [3.8, 4) is 0 Å². The highest BCUT2D eigenvalue weighted by Gasteiger charge is 2.35. The van der Waals surface area contributed by atoms with E-state index in [9.17, 15) is 9.18 Å². The lowest BCUT2D eigenvalue weighted by Crippen LogP contribution is -2.52. The molecule has 1 aliphatic rings. The lowest BCUT2D eigenvalue weighted by atomic mass is 10.1. The maximum Gasteiger partial charge on any atom is 0.410 e. The molecule has 0 atom stereocenters. The van der Waals surface area contributed by atoms with Crippen molar-refractivity contribution in [2.24, 2.45) is 0 Å². The Kier molecular flexibility index (Phi) is 3.11. The zero-order valence-corrected chi connectivity index (χ0v) is 12.3. The van der Waals surface area contributed by atoms with E-state index < -0.39 is 5.60 Å². The molecule has 6 heteroatoms. The number of likely N-dealkylation sites (tertiary alicyclic amines) is 1. The van der Waals surface area contributed by atoms with Crippen molar-refractivity contribution in [2.45, 2.75) is 32.4 Å². The summed E-state index contributed by atoms with van der Waals surface area (Å²) in [5.41, 5.74) is 1.03. The van der Waals surface area contributed by atoms with E-state index in [2.05, 4.69) is 4.98 Å². The summed E-state index contributed by atoms with van der Waals surface area (Å²) in [6.07, 6.45) is 1.40. The largest absolute Gasteiger partial charge is 0.444 e. The predicted octanol–water partition coefficient (Wildman–Crippen LogP) is 2.97. The molecule has 3 rings (SSSR count). The Morgan fingerprint density at radius 3 is 2.76 bits per heavy atom. The van der Waals surface area contributed by atoms with E-state index in [4.69, 9.17) is 4.74 Å². The SMILES string of the molecule is CC(C)(C)OC(=O)N1CC(n2cnc3cc(F)ccc32)C1. The molecule has 1 aromatic heterocycles. The molecule has 1 amide bonds. The first-order chi connectivity index (χ1) is 9.83. The molecule has 0 unspecified atom stereocenters.